The van der Waals surface area contributed by atoms with Crippen LogP contribution in [0.4, 0.5) is 0 Å². The molecule has 1 heterocycles. The van der Waals surface area contributed by atoms with Gasteiger partial charge in [-0.25, -0.2) is 0 Å². The van der Waals surface area contributed by atoms with Crippen LogP contribution in [-0.2, 0) is 0 Å². The standard InChI is InChI=1S/C4H4N2S2.2Li.2H/c7-3-1-2-5-4(8)6-3;;;;/h1-2H,(H2,5,6,7,8);;;;/q;2*+1;2*-1. The van der Waals surface area contributed by atoms with Crippen molar-refractivity contribution >= 4 is 24.4 Å². The molecule has 0 saturated heterocycles. The van der Waals surface area contributed by atoms with Crippen LogP contribution >= 0.6 is 24.4 Å². The summed E-state index contributed by atoms with van der Waals surface area (Å²) in [6.45, 7) is 0. The third kappa shape index (κ3) is 4.52. The molecule has 1 aromatic heterocycles. The first-order chi connectivity index (χ1) is 3.79. The molecule has 0 atom stereocenters. The monoisotopic (exact) mass is 160 g/mol. The molecule has 0 unspecified atom stereocenters. The Morgan fingerprint density at radius 1 is 1.30 bits per heavy atom. The van der Waals surface area contributed by atoms with Crippen LogP contribution in [0.25, 0.3) is 0 Å². The summed E-state index contributed by atoms with van der Waals surface area (Å²) in [5, 5.41) is 0. The maximum Gasteiger partial charge on any atom is 1.00 e. The second kappa shape index (κ2) is 6.43. The Morgan fingerprint density at radius 2 is 1.90 bits per heavy atom. The first kappa shape index (κ1) is 13.3. The van der Waals surface area contributed by atoms with Gasteiger partial charge in [-0.3, -0.25) is 0 Å². The number of aromatic amines is 2. The topological polar surface area (TPSA) is 31.6 Å². The van der Waals surface area contributed by atoms with E-state index in [0.29, 0.717) is 9.41 Å². The molecule has 0 amide bonds. The van der Waals surface area contributed by atoms with Crippen LogP contribution < -0.4 is 37.7 Å². The van der Waals surface area contributed by atoms with Gasteiger partial charge in [0.25, 0.3) is 0 Å². The summed E-state index contributed by atoms with van der Waals surface area (Å²) < 4.78 is 1.23. The van der Waals surface area contributed by atoms with Crippen LogP contribution in [0.5, 0.6) is 0 Å². The Morgan fingerprint density at radius 3 is 2.20 bits per heavy atom. The fourth-order valence-electron chi connectivity index (χ4n) is 0.383. The molecule has 0 aromatic carbocycles. The molecule has 6 heteroatoms. The molecule has 2 N–H and O–H groups in total. The van der Waals surface area contributed by atoms with Crippen molar-refractivity contribution < 1.29 is 40.6 Å². The van der Waals surface area contributed by atoms with Gasteiger partial charge in [-0.1, -0.05) is 12.2 Å². The van der Waals surface area contributed by atoms with Crippen LogP contribution in [0.15, 0.2) is 12.3 Å². The van der Waals surface area contributed by atoms with Gasteiger partial charge in [-0.05, 0) is 18.3 Å². The third-order valence-corrected chi connectivity index (χ3v) is 1.14. The zero-order valence-electron chi connectivity index (χ0n) is 7.97. The average molecular weight is 160 g/mol. The Bertz CT molecular complexity index is 261. The number of nitrogens with one attached hydrogen (secondary N) is 2. The second-order valence-electron chi connectivity index (χ2n) is 1.30. The van der Waals surface area contributed by atoms with E-state index in [-0.39, 0.29) is 40.6 Å². The van der Waals surface area contributed by atoms with Gasteiger partial charge in [-0.2, -0.15) is 0 Å². The van der Waals surface area contributed by atoms with E-state index in [4.69, 9.17) is 24.4 Å². The van der Waals surface area contributed by atoms with E-state index in [9.17, 15) is 0 Å². The summed E-state index contributed by atoms with van der Waals surface area (Å²) in [5.41, 5.74) is 0. The van der Waals surface area contributed by atoms with Crippen molar-refractivity contribution in [1.82, 2.24) is 9.97 Å². The minimum absolute atomic E-state index is 0. The molecule has 0 aliphatic carbocycles. The van der Waals surface area contributed by atoms with Crippen molar-refractivity contribution in [2.24, 2.45) is 0 Å². The molecule has 0 aliphatic rings. The number of rotatable bonds is 0. The maximum absolute atomic E-state index is 4.76. The fraction of sp³-hybridized carbons (Fsp3) is 0. The van der Waals surface area contributed by atoms with Gasteiger partial charge in [0, 0.05) is 6.20 Å². The SMILES string of the molecule is S=c1cc[nH]c(=S)[nH]1.[H-].[H-].[Li+].[Li+]. The van der Waals surface area contributed by atoms with Gasteiger partial charge in [-0.15, -0.1) is 0 Å². The molecule has 1 aromatic rings. The smallest absolute Gasteiger partial charge is 1.00 e. The van der Waals surface area contributed by atoms with Gasteiger partial charge in [0.05, 0.1) is 0 Å². The number of hydrogen-bond acceptors (Lipinski definition) is 2. The molecule has 0 spiro atoms. The van der Waals surface area contributed by atoms with Crippen LogP contribution in [0.1, 0.15) is 2.85 Å². The van der Waals surface area contributed by atoms with Crippen LogP contribution in [0, 0.1) is 9.41 Å². The van der Waals surface area contributed by atoms with Gasteiger partial charge < -0.3 is 12.8 Å². The minimum Gasteiger partial charge on any atom is -1.00 e. The van der Waals surface area contributed by atoms with E-state index in [0.717, 1.165) is 0 Å². The summed E-state index contributed by atoms with van der Waals surface area (Å²) >= 11 is 9.48. The Hall–Kier alpha value is 0.715. The molecular formula is C4H6Li2N2S2. The number of H-pyrrole nitrogens is 2. The summed E-state index contributed by atoms with van der Waals surface area (Å²) in [5.74, 6) is 0. The average Bonchev–Trinajstić information content (AvgIpc) is 1.64. The third-order valence-electron chi connectivity index (χ3n) is 0.686. The molecule has 0 radical (unpaired) electrons. The van der Waals surface area contributed by atoms with E-state index < -0.39 is 0 Å². The van der Waals surface area contributed by atoms with E-state index in [1.807, 2.05) is 0 Å². The first-order valence-corrected chi connectivity index (χ1v) is 2.89. The quantitative estimate of drug-likeness (QED) is 0.300. The molecule has 2 nitrogen and oxygen atoms in total. The van der Waals surface area contributed by atoms with Gasteiger partial charge >= 0.3 is 37.7 Å². The zero-order chi connectivity index (χ0) is 5.98. The predicted octanol–water partition coefficient (Wildman–Crippen LogP) is -3.97. The number of aromatic nitrogens is 2. The van der Waals surface area contributed by atoms with Crippen LogP contribution in [0.3, 0.4) is 0 Å². The van der Waals surface area contributed by atoms with E-state index in [1.165, 1.54) is 0 Å². The van der Waals surface area contributed by atoms with E-state index >= 15 is 0 Å². The largest absolute Gasteiger partial charge is 1.00 e. The Labute approximate surface area is 96.2 Å². The predicted molar refractivity (Wildman–Crippen MR) is 39.0 cm³/mol. The minimum atomic E-state index is 0. The Kier molecular flexibility index (Phi) is 8.56. The molecule has 0 aliphatic heterocycles. The van der Waals surface area contributed by atoms with Crippen LogP contribution in [0.2, 0.25) is 0 Å². The summed E-state index contributed by atoms with van der Waals surface area (Å²) in [7, 11) is 0. The molecule has 0 bridgehead atoms. The van der Waals surface area contributed by atoms with Crippen molar-refractivity contribution in [2.75, 3.05) is 0 Å². The van der Waals surface area contributed by atoms with Crippen molar-refractivity contribution in [1.29, 1.82) is 0 Å². The van der Waals surface area contributed by atoms with Crippen molar-refractivity contribution in [3.63, 3.8) is 0 Å². The summed E-state index contributed by atoms with van der Waals surface area (Å²) in [6.07, 6.45) is 1.71. The summed E-state index contributed by atoms with van der Waals surface area (Å²) in [6, 6.07) is 1.74. The molecular weight excluding hydrogens is 154 g/mol. The maximum atomic E-state index is 4.76. The number of hydrogen-bond donors (Lipinski definition) is 2. The molecule has 0 fully saturated rings. The Balaban J connectivity index is -0.0000000800. The normalized spacial score (nSPS) is 7.20. The van der Waals surface area contributed by atoms with Gasteiger partial charge in [0.1, 0.15) is 4.64 Å². The van der Waals surface area contributed by atoms with Gasteiger partial charge in [0.15, 0.2) is 4.77 Å². The fourth-order valence-corrected chi connectivity index (χ4v) is 0.795. The van der Waals surface area contributed by atoms with Crippen molar-refractivity contribution in [3.05, 3.63) is 21.7 Å². The molecule has 0 saturated carbocycles. The zero-order valence-corrected chi connectivity index (χ0v) is 7.60. The van der Waals surface area contributed by atoms with E-state index in [1.54, 1.807) is 12.3 Å². The summed E-state index contributed by atoms with van der Waals surface area (Å²) in [4.78, 5) is 5.51. The molecule has 46 valence electrons. The molecule has 10 heavy (non-hydrogen) atoms. The van der Waals surface area contributed by atoms with E-state index in [2.05, 4.69) is 9.97 Å². The molecule has 1 rings (SSSR count). The first-order valence-electron chi connectivity index (χ1n) is 2.07. The van der Waals surface area contributed by atoms with Crippen molar-refractivity contribution in [2.45, 2.75) is 0 Å². The van der Waals surface area contributed by atoms with Gasteiger partial charge in [0.2, 0.25) is 0 Å². The van der Waals surface area contributed by atoms with Crippen LogP contribution in [-0.4, -0.2) is 9.97 Å². The van der Waals surface area contributed by atoms with Crippen molar-refractivity contribution in [3.8, 4) is 0 Å². The second-order valence-corrected chi connectivity index (χ2v) is 2.14.